The molecule has 0 bridgehead atoms. The Morgan fingerprint density at radius 2 is 2.00 bits per heavy atom. The summed E-state index contributed by atoms with van der Waals surface area (Å²) in [5.41, 5.74) is 9.34. The van der Waals surface area contributed by atoms with Gasteiger partial charge in [0.2, 0.25) is 0 Å². The average molecular weight is 378 g/mol. The Morgan fingerprint density at radius 3 is 2.44 bits per heavy atom. The highest BCUT2D eigenvalue weighted by Crippen LogP contribution is 2.35. The van der Waals surface area contributed by atoms with Crippen LogP contribution in [-0.2, 0) is 15.0 Å². The van der Waals surface area contributed by atoms with E-state index in [0.717, 1.165) is 10.7 Å². The van der Waals surface area contributed by atoms with E-state index in [1.807, 2.05) is 0 Å². The van der Waals surface area contributed by atoms with Crippen LogP contribution >= 0.6 is 0 Å². The van der Waals surface area contributed by atoms with E-state index in [0.29, 0.717) is 19.3 Å². The number of carbonyl (C=O) groups is 1. The lowest BCUT2D eigenvalue weighted by Crippen LogP contribution is -2.61. The van der Waals surface area contributed by atoms with E-state index in [-0.39, 0.29) is 32.4 Å². The van der Waals surface area contributed by atoms with Gasteiger partial charge in [-0.1, -0.05) is 6.42 Å². The van der Waals surface area contributed by atoms with Gasteiger partial charge >= 0.3 is 13.1 Å². The van der Waals surface area contributed by atoms with E-state index in [2.05, 4.69) is 4.72 Å². The number of aliphatic carboxylic acids is 1. The smallest absolute Gasteiger partial charge is 0.451 e. The zero-order chi connectivity index (χ0) is 18.9. The van der Waals surface area contributed by atoms with Crippen molar-refractivity contribution in [2.24, 2.45) is 17.4 Å². The largest absolute Gasteiger partial charge is 0.480 e. The van der Waals surface area contributed by atoms with Crippen LogP contribution < -0.4 is 16.2 Å². The minimum atomic E-state index is -3.91. The Balaban J connectivity index is 2.10. The highest BCUT2D eigenvalue weighted by Gasteiger charge is 2.53. The van der Waals surface area contributed by atoms with Gasteiger partial charge in [-0.15, -0.1) is 0 Å². The number of carboxylic acid groups (broad SMARTS) is 1. The highest BCUT2D eigenvalue weighted by atomic mass is 32.2. The van der Waals surface area contributed by atoms with E-state index in [1.54, 1.807) is 0 Å². The second-order valence-electron chi connectivity index (χ2n) is 7.19. The van der Waals surface area contributed by atoms with Crippen molar-refractivity contribution in [1.29, 1.82) is 0 Å². The molecule has 1 aliphatic heterocycles. The molecule has 0 aromatic carbocycles. The highest BCUT2D eigenvalue weighted by molar-refractivity contribution is 7.87. The topological polar surface area (TPSA) is 179 Å². The Kier molecular flexibility index (Phi) is 6.14. The van der Waals surface area contributed by atoms with Crippen LogP contribution in [0.15, 0.2) is 0 Å². The van der Waals surface area contributed by atoms with E-state index < -0.39 is 40.3 Å². The predicted molar refractivity (Wildman–Crippen MR) is 91.5 cm³/mol. The molecule has 0 radical (unpaired) electrons. The maximum absolute atomic E-state index is 12.7. The third-order valence-electron chi connectivity index (χ3n) is 5.39. The molecule has 0 aromatic heterocycles. The van der Waals surface area contributed by atoms with Gasteiger partial charge in [-0.2, -0.15) is 17.4 Å². The molecule has 2 rings (SSSR count). The standard InChI is InChI=1S/C13H27BN4O6S/c15-8-12(4-2-5-12)17-25(23,24)18-7-10(3-1-6-14(21)22)13(16,9-18)11(19)20/h10,17,21-22H,1-9,15-16H2,(H,19,20)/t10-,13-/m1/s1. The normalized spacial score (nSPS) is 29.4. The van der Waals surface area contributed by atoms with Gasteiger partial charge in [-0.3, -0.25) is 4.79 Å². The van der Waals surface area contributed by atoms with Crippen molar-refractivity contribution in [2.45, 2.75) is 49.5 Å². The summed E-state index contributed by atoms with van der Waals surface area (Å²) >= 11 is 0. The fraction of sp³-hybridized carbons (Fsp3) is 0.923. The van der Waals surface area contributed by atoms with Crippen molar-refractivity contribution in [2.75, 3.05) is 19.6 Å². The summed E-state index contributed by atoms with van der Waals surface area (Å²) in [5, 5.41) is 27.3. The number of nitrogens with one attached hydrogen (secondary N) is 1. The van der Waals surface area contributed by atoms with Crippen LogP contribution in [0.4, 0.5) is 0 Å². The first kappa shape index (κ1) is 20.6. The molecule has 8 N–H and O–H groups in total. The van der Waals surface area contributed by atoms with Gasteiger partial charge in [0.1, 0.15) is 5.54 Å². The van der Waals surface area contributed by atoms with Gasteiger partial charge in [-0.05, 0) is 32.0 Å². The van der Waals surface area contributed by atoms with Crippen LogP contribution in [0.3, 0.4) is 0 Å². The molecular formula is C13H27BN4O6S. The van der Waals surface area contributed by atoms with E-state index >= 15 is 0 Å². The van der Waals surface area contributed by atoms with Crippen molar-refractivity contribution in [3.05, 3.63) is 0 Å². The third kappa shape index (κ3) is 4.33. The molecular weight excluding hydrogens is 351 g/mol. The minimum absolute atomic E-state index is 0.0275. The molecule has 0 unspecified atom stereocenters. The van der Waals surface area contributed by atoms with Crippen LogP contribution in [0.2, 0.25) is 6.32 Å². The summed E-state index contributed by atoms with van der Waals surface area (Å²) in [5.74, 6) is -1.88. The van der Waals surface area contributed by atoms with Gasteiger partial charge in [-0.25, -0.2) is 0 Å². The van der Waals surface area contributed by atoms with Crippen molar-refractivity contribution < 1.29 is 28.4 Å². The second-order valence-corrected chi connectivity index (χ2v) is 8.86. The van der Waals surface area contributed by atoms with Gasteiger partial charge in [0.15, 0.2) is 0 Å². The monoisotopic (exact) mass is 378 g/mol. The first-order valence-corrected chi connectivity index (χ1v) is 9.86. The molecule has 10 nitrogen and oxygen atoms in total. The van der Waals surface area contributed by atoms with Crippen LogP contribution in [0, 0.1) is 5.92 Å². The summed E-state index contributed by atoms with van der Waals surface area (Å²) in [4.78, 5) is 11.6. The van der Waals surface area contributed by atoms with Crippen LogP contribution in [0.1, 0.15) is 32.1 Å². The maximum Gasteiger partial charge on any atom is 0.451 e. The van der Waals surface area contributed by atoms with Gasteiger partial charge < -0.3 is 26.6 Å². The van der Waals surface area contributed by atoms with Gasteiger partial charge in [0.05, 0.1) is 0 Å². The van der Waals surface area contributed by atoms with Crippen LogP contribution in [-0.4, -0.2) is 71.7 Å². The lowest BCUT2D eigenvalue weighted by atomic mass is 9.78. The van der Waals surface area contributed by atoms with E-state index in [1.165, 1.54) is 0 Å². The summed E-state index contributed by atoms with van der Waals surface area (Å²) < 4.78 is 29.0. The Morgan fingerprint density at radius 1 is 1.36 bits per heavy atom. The second kappa shape index (κ2) is 7.47. The summed E-state index contributed by atoms with van der Waals surface area (Å²) in [6, 6.07) is 0. The Hall–Kier alpha value is -0.755. The molecule has 1 saturated carbocycles. The van der Waals surface area contributed by atoms with E-state index in [9.17, 15) is 18.3 Å². The van der Waals surface area contributed by atoms with Crippen LogP contribution in [0.5, 0.6) is 0 Å². The van der Waals surface area contributed by atoms with Crippen molar-refractivity contribution in [1.82, 2.24) is 9.03 Å². The number of hydrogen-bond donors (Lipinski definition) is 6. The van der Waals surface area contributed by atoms with Crippen molar-refractivity contribution >= 4 is 23.3 Å². The van der Waals surface area contributed by atoms with Crippen LogP contribution in [0.25, 0.3) is 0 Å². The molecule has 0 spiro atoms. The SMILES string of the molecule is NCC1(NS(=O)(=O)N2C[C@@H](CCCB(O)O)[C@@](N)(C(=O)O)C2)CCC1. The number of hydrogen-bond acceptors (Lipinski definition) is 7. The molecule has 2 aliphatic rings. The Labute approximate surface area is 147 Å². The number of nitrogens with two attached hydrogens (primary N) is 2. The average Bonchev–Trinajstić information content (AvgIpc) is 2.82. The first-order valence-electron chi connectivity index (χ1n) is 8.42. The lowest BCUT2D eigenvalue weighted by molar-refractivity contribution is -0.144. The molecule has 1 aliphatic carbocycles. The zero-order valence-electron chi connectivity index (χ0n) is 14.1. The number of rotatable bonds is 9. The number of nitrogens with zero attached hydrogens (tertiary/aromatic N) is 1. The molecule has 0 aromatic rings. The van der Waals surface area contributed by atoms with E-state index in [4.69, 9.17) is 21.5 Å². The van der Waals surface area contributed by atoms with Gasteiger partial charge in [0.25, 0.3) is 10.2 Å². The van der Waals surface area contributed by atoms with Gasteiger partial charge in [0, 0.05) is 31.1 Å². The molecule has 12 heteroatoms. The molecule has 2 atom stereocenters. The third-order valence-corrected chi connectivity index (χ3v) is 7.04. The Bertz CT molecular complexity index is 594. The zero-order valence-corrected chi connectivity index (χ0v) is 14.9. The summed E-state index contributed by atoms with van der Waals surface area (Å²) in [7, 11) is -5.39. The van der Waals surface area contributed by atoms with Crippen molar-refractivity contribution in [3.8, 4) is 0 Å². The summed E-state index contributed by atoms with van der Waals surface area (Å²) in [6.45, 7) is -0.171. The first-order chi connectivity index (χ1) is 11.5. The minimum Gasteiger partial charge on any atom is -0.480 e. The molecule has 144 valence electrons. The molecule has 1 saturated heterocycles. The lowest BCUT2D eigenvalue weighted by Gasteiger charge is -2.42. The summed E-state index contributed by atoms with van der Waals surface area (Å²) in [6.07, 6.45) is 2.90. The predicted octanol–water partition coefficient (Wildman–Crippen LogP) is -2.33. The fourth-order valence-corrected chi connectivity index (χ4v) is 5.23. The molecule has 0 amide bonds. The number of carboxylic acids is 1. The molecule has 25 heavy (non-hydrogen) atoms. The maximum atomic E-state index is 12.7. The molecule has 2 fully saturated rings. The van der Waals surface area contributed by atoms with Crippen molar-refractivity contribution in [3.63, 3.8) is 0 Å². The fourth-order valence-electron chi connectivity index (χ4n) is 3.50. The quantitative estimate of drug-likeness (QED) is 0.242. The molecule has 1 heterocycles.